The van der Waals surface area contributed by atoms with Crippen molar-refractivity contribution in [3.63, 3.8) is 0 Å². The standard InChI is InChI=1S/C12H14N2O/c15-8-4-7-11-9-13-14-12(11)10-5-2-1-3-6-10/h1-8,11-14H,9H2/b7-4+. The minimum absolute atomic E-state index is 0.252. The normalized spacial score (nSPS) is 25.9. The van der Waals surface area contributed by atoms with Gasteiger partial charge >= 0.3 is 0 Å². The van der Waals surface area contributed by atoms with Crippen LogP contribution in [-0.4, -0.2) is 12.8 Å². The molecule has 0 aliphatic carbocycles. The Balaban J connectivity index is 2.14. The first-order valence-corrected chi connectivity index (χ1v) is 5.07. The molecule has 0 aromatic heterocycles. The van der Waals surface area contributed by atoms with E-state index in [2.05, 4.69) is 23.0 Å². The fraction of sp³-hybridized carbons (Fsp3) is 0.250. The van der Waals surface area contributed by atoms with E-state index in [9.17, 15) is 4.79 Å². The predicted molar refractivity (Wildman–Crippen MR) is 59.0 cm³/mol. The summed E-state index contributed by atoms with van der Waals surface area (Å²) in [5.74, 6) is 0.331. The van der Waals surface area contributed by atoms with Crippen LogP contribution in [0.3, 0.4) is 0 Å². The maximum atomic E-state index is 10.3. The summed E-state index contributed by atoms with van der Waals surface area (Å²) in [6.45, 7) is 0.851. The van der Waals surface area contributed by atoms with Crippen molar-refractivity contribution in [1.82, 2.24) is 10.9 Å². The Labute approximate surface area is 89.2 Å². The minimum Gasteiger partial charge on any atom is -0.299 e. The van der Waals surface area contributed by atoms with E-state index in [4.69, 9.17) is 0 Å². The summed E-state index contributed by atoms with van der Waals surface area (Å²) in [5.41, 5.74) is 7.57. The van der Waals surface area contributed by atoms with Gasteiger partial charge in [-0.3, -0.25) is 10.2 Å². The largest absolute Gasteiger partial charge is 0.299 e. The molecule has 0 saturated carbocycles. The number of carbonyl (C=O) groups is 1. The van der Waals surface area contributed by atoms with Crippen LogP contribution < -0.4 is 10.9 Å². The Bertz CT molecular complexity index is 348. The van der Waals surface area contributed by atoms with Crippen molar-refractivity contribution in [2.75, 3.05) is 6.54 Å². The number of hydrazine groups is 1. The molecule has 1 aliphatic rings. The van der Waals surface area contributed by atoms with Crippen LogP contribution in [0.15, 0.2) is 42.5 Å². The third-order valence-corrected chi connectivity index (χ3v) is 2.62. The number of rotatable bonds is 3. The monoisotopic (exact) mass is 202 g/mol. The van der Waals surface area contributed by atoms with Crippen molar-refractivity contribution in [1.29, 1.82) is 0 Å². The number of hydrogen-bond acceptors (Lipinski definition) is 3. The first-order valence-electron chi connectivity index (χ1n) is 5.07. The van der Waals surface area contributed by atoms with Gasteiger partial charge in [0.1, 0.15) is 6.29 Å². The van der Waals surface area contributed by atoms with Gasteiger partial charge in [-0.25, -0.2) is 5.43 Å². The molecule has 0 bridgehead atoms. The molecule has 1 aliphatic heterocycles. The Kier molecular flexibility index (Phi) is 3.27. The van der Waals surface area contributed by atoms with E-state index in [-0.39, 0.29) is 6.04 Å². The molecule has 0 spiro atoms. The second-order valence-corrected chi connectivity index (χ2v) is 3.60. The van der Waals surface area contributed by atoms with E-state index < -0.39 is 0 Å². The van der Waals surface area contributed by atoms with Crippen molar-refractivity contribution in [3.8, 4) is 0 Å². The second-order valence-electron chi connectivity index (χ2n) is 3.60. The zero-order valence-electron chi connectivity index (χ0n) is 8.39. The molecular formula is C12H14N2O. The van der Waals surface area contributed by atoms with E-state index in [1.165, 1.54) is 5.56 Å². The molecule has 2 rings (SSSR count). The van der Waals surface area contributed by atoms with E-state index in [1.807, 2.05) is 24.3 Å². The zero-order chi connectivity index (χ0) is 10.5. The Morgan fingerprint density at radius 3 is 2.80 bits per heavy atom. The van der Waals surface area contributed by atoms with Crippen LogP contribution in [0.5, 0.6) is 0 Å². The van der Waals surface area contributed by atoms with Gasteiger partial charge in [-0.15, -0.1) is 0 Å². The Morgan fingerprint density at radius 1 is 1.27 bits per heavy atom. The van der Waals surface area contributed by atoms with Crippen molar-refractivity contribution in [2.45, 2.75) is 6.04 Å². The molecule has 1 heterocycles. The molecule has 1 saturated heterocycles. The number of carbonyl (C=O) groups excluding carboxylic acids is 1. The van der Waals surface area contributed by atoms with Crippen molar-refractivity contribution in [3.05, 3.63) is 48.0 Å². The van der Waals surface area contributed by atoms with Crippen LogP contribution in [0.4, 0.5) is 0 Å². The maximum Gasteiger partial charge on any atom is 0.142 e. The number of aldehydes is 1. The topological polar surface area (TPSA) is 41.1 Å². The van der Waals surface area contributed by atoms with E-state index in [0.717, 1.165) is 12.8 Å². The van der Waals surface area contributed by atoms with Gasteiger partial charge < -0.3 is 0 Å². The van der Waals surface area contributed by atoms with Gasteiger partial charge in [-0.1, -0.05) is 36.4 Å². The van der Waals surface area contributed by atoms with E-state index >= 15 is 0 Å². The number of nitrogens with one attached hydrogen (secondary N) is 2. The maximum absolute atomic E-state index is 10.3. The lowest BCUT2D eigenvalue weighted by atomic mass is 9.95. The number of hydrogen-bond donors (Lipinski definition) is 2. The predicted octanol–water partition coefficient (Wildman–Crippen LogP) is 1.21. The molecule has 1 fully saturated rings. The molecular weight excluding hydrogens is 188 g/mol. The van der Waals surface area contributed by atoms with Crippen LogP contribution in [0.1, 0.15) is 11.6 Å². The van der Waals surface area contributed by atoms with Gasteiger partial charge in [0.05, 0.1) is 6.04 Å². The van der Waals surface area contributed by atoms with Gasteiger partial charge in [-0.05, 0) is 11.6 Å². The van der Waals surface area contributed by atoms with E-state index in [1.54, 1.807) is 6.08 Å². The summed E-state index contributed by atoms with van der Waals surface area (Å²) in [6.07, 6.45) is 4.33. The molecule has 3 nitrogen and oxygen atoms in total. The van der Waals surface area contributed by atoms with Crippen LogP contribution in [0, 0.1) is 5.92 Å². The zero-order valence-corrected chi connectivity index (χ0v) is 8.39. The number of allylic oxidation sites excluding steroid dienone is 1. The van der Waals surface area contributed by atoms with Crippen LogP contribution in [-0.2, 0) is 4.79 Å². The molecule has 2 atom stereocenters. The van der Waals surface area contributed by atoms with Gasteiger partial charge in [0.2, 0.25) is 0 Å². The quantitative estimate of drug-likeness (QED) is 0.571. The summed E-state index contributed by atoms with van der Waals surface area (Å²) < 4.78 is 0. The minimum atomic E-state index is 0.252. The molecule has 1 aromatic rings. The van der Waals surface area contributed by atoms with Gasteiger partial charge in [0.15, 0.2) is 0 Å². The lowest BCUT2D eigenvalue weighted by Gasteiger charge is -2.15. The highest BCUT2D eigenvalue weighted by Gasteiger charge is 2.25. The average molecular weight is 202 g/mol. The average Bonchev–Trinajstić information content (AvgIpc) is 2.75. The Hall–Kier alpha value is -1.45. The third kappa shape index (κ3) is 2.32. The molecule has 15 heavy (non-hydrogen) atoms. The molecule has 78 valence electrons. The van der Waals surface area contributed by atoms with Gasteiger partial charge in [0, 0.05) is 12.5 Å². The highest BCUT2D eigenvalue weighted by molar-refractivity contribution is 5.64. The van der Waals surface area contributed by atoms with Gasteiger partial charge in [-0.2, -0.15) is 0 Å². The SMILES string of the molecule is O=C/C=C/C1CNNC1c1ccccc1. The van der Waals surface area contributed by atoms with Gasteiger partial charge in [0.25, 0.3) is 0 Å². The molecule has 3 heteroatoms. The highest BCUT2D eigenvalue weighted by Crippen LogP contribution is 2.25. The molecule has 2 unspecified atom stereocenters. The summed E-state index contributed by atoms with van der Waals surface area (Å²) in [4.78, 5) is 10.3. The fourth-order valence-corrected chi connectivity index (χ4v) is 1.87. The highest BCUT2D eigenvalue weighted by atomic mass is 16.1. The summed E-state index contributed by atoms with van der Waals surface area (Å²) in [6, 6.07) is 10.5. The fourth-order valence-electron chi connectivity index (χ4n) is 1.87. The summed E-state index contributed by atoms with van der Waals surface area (Å²) >= 11 is 0. The molecule has 1 aromatic carbocycles. The molecule has 2 N–H and O–H groups in total. The van der Waals surface area contributed by atoms with Crippen LogP contribution in [0.2, 0.25) is 0 Å². The van der Waals surface area contributed by atoms with E-state index in [0.29, 0.717) is 5.92 Å². The lowest BCUT2D eigenvalue weighted by molar-refractivity contribution is -0.104. The summed E-state index contributed by atoms with van der Waals surface area (Å²) in [5, 5.41) is 0. The lowest BCUT2D eigenvalue weighted by Crippen LogP contribution is -2.24. The molecule has 0 amide bonds. The smallest absolute Gasteiger partial charge is 0.142 e. The molecule has 0 radical (unpaired) electrons. The van der Waals surface area contributed by atoms with Crippen LogP contribution in [0.25, 0.3) is 0 Å². The van der Waals surface area contributed by atoms with Crippen molar-refractivity contribution >= 4 is 6.29 Å². The first kappa shape index (κ1) is 10.1. The third-order valence-electron chi connectivity index (χ3n) is 2.62. The second kappa shape index (κ2) is 4.87. The van der Waals surface area contributed by atoms with Crippen molar-refractivity contribution < 1.29 is 4.79 Å². The first-order chi connectivity index (χ1) is 7.42. The summed E-state index contributed by atoms with van der Waals surface area (Å²) in [7, 11) is 0. The Morgan fingerprint density at radius 2 is 2.07 bits per heavy atom. The van der Waals surface area contributed by atoms with Crippen LogP contribution >= 0.6 is 0 Å². The van der Waals surface area contributed by atoms with Crippen molar-refractivity contribution in [2.24, 2.45) is 5.92 Å². The number of benzene rings is 1.